The lowest BCUT2D eigenvalue weighted by Crippen LogP contribution is -2.19. The molecule has 10 heteroatoms. The first-order valence-electron chi connectivity index (χ1n) is 8.68. The number of carbonyl (C=O) groups excluding carboxylic acids is 1. The molecule has 4 rings (SSSR count). The van der Waals surface area contributed by atoms with Crippen LogP contribution >= 0.6 is 50.9 Å². The molecule has 0 bridgehead atoms. The van der Waals surface area contributed by atoms with E-state index in [9.17, 15) is 14.7 Å². The van der Waals surface area contributed by atoms with E-state index in [1.54, 1.807) is 36.4 Å². The summed E-state index contributed by atoms with van der Waals surface area (Å²) in [7, 11) is 0. The van der Waals surface area contributed by atoms with Crippen molar-refractivity contribution in [1.29, 1.82) is 0 Å². The Morgan fingerprint density at radius 3 is 2.68 bits per heavy atom. The first kappa shape index (κ1) is 21.7. The second kappa shape index (κ2) is 8.92. The van der Waals surface area contributed by atoms with E-state index < -0.39 is 5.97 Å². The molecular weight excluding hydrogens is 527 g/mol. The molecular formula is C21H11BrCl2N2O4S. The first-order chi connectivity index (χ1) is 14.8. The van der Waals surface area contributed by atoms with Gasteiger partial charge in [-0.15, -0.1) is 0 Å². The molecule has 0 atom stereocenters. The monoisotopic (exact) mass is 536 g/mol. The van der Waals surface area contributed by atoms with E-state index in [1.807, 2.05) is 0 Å². The Kier molecular flexibility index (Phi) is 6.24. The summed E-state index contributed by atoms with van der Waals surface area (Å²) in [4.78, 5) is 28.3. The van der Waals surface area contributed by atoms with Gasteiger partial charge in [0.2, 0.25) is 0 Å². The lowest BCUT2D eigenvalue weighted by atomic mass is 10.1. The summed E-state index contributed by atoms with van der Waals surface area (Å²) in [5, 5.41) is 13.1. The Labute approximate surface area is 199 Å². The SMILES string of the molecule is O=C1NC(=Nc2ccc(Br)cc2Cl)S/C1=C/c1ccc(-c2cc(C(=O)O)ccc2Cl)o1. The van der Waals surface area contributed by atoms with E-state index in [4.69, 9.17) is 27.6 Å². The number of carboxylic acids is 1. The van der Waals surface area contributed by atoms with Crippen LogP contribution in [0.25, 0.3) is 17.4 Å². The van der Waals surface area contributed by atoms with Gasteiger partial charge >= 0.3 is 5.97 Å². The number of hydrogen-bond donors (Lipinski definition) is 2. The average molecular weight is 538 g/mol. The van der Waals surface area contributed by atoms with Crippen LogP contribution in [0.3, 0.4) is 0 Å². The quantitative estimate of drug-likeness (QED) is 0.365. The fourth-order valence-corrected chi connectivity index (χ4v) is 4.45. The predicted molar refractivity (Wildman–Crippen MR) is 126 cm³/mol. The van der Waals surface area contributed by atoms with Crippen molar-refractivity contribution in [3.63, 3.8) is 0 Å². The predicted octanol–water partition coefficient (Wildman–Crippen LogP) is 6.61. The molecule has 2 N–H and O–H groups in total. The highest BCUT2D eigenvalue weighted by Crippen LogP contribution is 2.34. The number of amidine groups is 1. The maximum Gasteiger partial charge on any atom is 0.335 e. The van der Waals surface area contributed by atoms with Gasteiger partial charge in [0.1, 0.15) is 11.5 Å². The molecule has 0 unspecified atom stereocenters. The zero-order chi connectivity index (χ0) is 22.1. The first-order valence-corrected chi connectivity index (χ1v) is 11.0. The lowest BCUT2D eigenvalue weighted by Gasteiger charge is -2.02. The van der Waals surface area contributed by atoms with E-state index in [0.29, 0.717) is 42.9 Å². The molecule has 3 aromatic rings. The lowest BCUT2D eigenvalue weighted by molar-refractivity contribution is -0.115. The average Bonchev–Trinajstić information content (AvgIpc) is 3.31. The summed E-state index contributed by atoms with van der Waals surface area (Å²) in [5.74, 6) is -0.587. The number of carboxylic acid groups (broad SMARTS) is 1. The third-order valence-electron chi connectivity index (χ3n) is 4.16. The number of aliphatic imine (C=N–C) groups is 1. The van der Waals surface area contributed by atoms with Gasteiger partial charge in [-0.05, 0) is 60.3 Å². The maximum atomic E-state index is 12.3. The molecule has 1 amide bonds. The molecule has 0 saturated carbocycles. The molecule has 0 aliphatic carbocycles. The number of halogens is 3. The van der Waals surface area contributed by atoms with E-state index in [2.05, 4.69) is 26.2 Å². The van der Waals surface area contributed by atoms with Crippen molar-refractivity contribution in [2.45, 2.75) is 0 Å². The van der Waals surface area contributed by atoms with Crippen molar-refractivity contribution in [3.8, 4) is 11.3 Å². The Morgan fingerprint density at radius 1 is 1.13 bits per heavy atom. The minimum Gasteiger partial charge on any atom is -0.478 e. The van der Waals surface area contributed by atoms with Gasteiger partial charge in [0, 0.05) is 16.1 Å². The van der Waals surface area contributed by atoms with Crippen LogP contribution in [-0.4, -0.2) is 22.2 Å². The van der Waals surface area contributed by atoms with Gasteiger partial charge in [-0.2, -0.15) is 0 Å². The fraction of sp³-hybridized carbons (Fsp3) is 0. The van der Waals surface area contributed by atoms with Crippen molar-refractivity contribution in [1.82, 2.24) is 5.32 Å². The van der Waals surface area contributed by atoms with Crippen LogP contribution < -0.4 is 5.32 Å². The van der Waals surface area contributed by atoms with Crippen LogP contribution in [0, 0.1) is 0 Å². The number of nitrogens with zero attached hydrogens (tertiary/aromatic N) is 1. The van der Waals surface area contributed by atoms with Gasteiger partial charge in [0.05, 0.1) is 26.2 Å². The van der Waals surface area contributed by atoms with Gasteiger partial charge in [-0.1, -0.05) is 39.1 Å². The van der Waals surface area contributed by atoms with E-state index in [-0.39, 0.29) is 11.5 Å². The van der Waals surface area contributed by atoms with Crippen molar-refractivity contribution in [3.05, 3.63) is 79.3 Å². The van der Waals surface area contributed by atoms with Gasteiger partial charge in [0.25, 0.3) is 5.91 Å². The van der Waals surface area contributed by atoms with E-state index in [0.717, 1.165) is 16.2 Å². The number of nitrogens with one attached hydrogen (secondary N) is 1. The summed E-state index contributed by atoms with van der Waals surface area (Å²) in [6.07, 6.45) is 1.57. The minimum atomic E-state index is -1.07. The molecule has 31 heavy (non-hydrogen) atoms. The fourth-order valence-electron chi connectivity index (χ4n) is 2.71. The highest BCUT2D eigenvalue weighted by molar-refractivity contribution is 9.10. The molecule has 1 saturated heterocycles. The smallest absolute Gasteiger partial charge is 0.335 e. The van der Waals surface area contributed by atoms with Crippen molar-refractivity contribution in [2.24, 2.45) is 4.99 Å². The second-order valence-electron chi connectivity index (χ2n) is 6.28. The Hall–Kier alpha value is -2.52. The zero-order valence-corrected chi connectivity index (χ0v) is 19.3. The van der Waals surface area contributed by atoms with Crippen LogP contribution in [0.1, 0.15) is 16.1 Å². The number of aromatic carboxylic acids is 1. The molecule has 0 spiro atoms. The van der Waals surface area contributed by atoms with Gasteiger partial charge in [-0.3, -0.25) is 4.79 Å². The summed E-state index contributed by atoms with van der Waals surface area (Å²) in [6.45, 7) is 0. The third kappa shape index (κ3) is 4.88. The van der Waals surface area contributed by atoms with Gasteiger partial charge < -0.3 is 14.8 Å². The molecule has 1 aromatic heterocycles. The van der Waals surface area contributed by atoms with Crippen molar-refractivity contribution in [2.75, 3.05) is 0 Å². The standard InChI is InChI=1S/C21H11BrCl2N2O4S/c22-11-2-5-16(15(24)8-11)25-21-26-19(27)18(31-21)9-12-3-6-17(30-12)13-7-10(20(28)29)1-4-14(13)23/h1-9H,(H,28,29)(H,25,26,27)/b18-9+. The largest absolute Gasteiger partial charge is 0.478 e. The Bertz CT molecular complexity index is 1290. The van der Waals surface area contributed by atoms with Crippen LogP contribution in [0.4, 0.5) is 5.69 Å². The van der Waals surface area contributed by atoms with E-state index >= 15 is 0 Å². The van der Waals surface area contributed by atoms with Crippen molar-refractivity contribution < 1.29 is 19.1 Å². The minimum absolute atomic E-state index is 0.0916. The zero-order valence-electron chi connectivity index (χ0n) is 15.4. The molecule has 1 aliphatic rings. The molecule has 156 valence electrons. The van der Waals surface area contributed by atoms with Crippen LogP contribution in [0.2, 0.25) is 10.0 Å². The normalized spacial score (nSPS) is 16.2. The Balaban J connectivity index is 1.58. The number of carbonyl (C=O) groups is 2. The maximum absolute atomic E-state index is 12.3. The number of rotatable bonds is 4. The Morgan fingerprint density at radius 2 is 1.94 bits per heavy atom. The number of hydrogen-bond acceptors (Lipinski definition) is 5. The van der Waals surface area contributed by atoms with Crippen LogP contribution in [0.15, 0.2) is 67.3 Å². The number of benzene rings is 2. The molecule has 0 radical (unpaired) electrons. The molecule has 2 heterocycles. The van der Waals surface area contributed by atoms with Gasteiger partial charge in [0.15, 0.2) is 5.17 Å². The van der Waals surface area contributed by atoms with E-state index in [1.165, 1.54) is 18.2 Å². The van der Waals surface area contributed by atoms with Crippen LogP contribution in [0.5, 0.6) is 0 Å². The van der Waals surface area contributed by atoms with Crippen LogP contribution in [-0.2, 0) is 4.79 Å². The topological polar surface area (TPSA) is 91.9 Å². The highest BCUT2D eigenvalue weighted by Gasteiger charge is 2.25. The highest BCUT2D eigenvalue weighted by atomic mass is 79.9. The number of thioether (sulfide) groups is 1. The summed E-state index contributed by atoms with van der Waals surface area (Å²) >= 11 is 16.9. The van der Waals surface area contributed by atoms with Gasteiger partial charge in [-0.25, -0.2) is 9.79 Å². The van der Waals surface area contributed by atoms with Crippen molar-refractivity contribution >= 4 is 79.7 Å². The molecule has 2 aromatic carbocycles. The summed E-state index contributed by atoms with van der Waals surface area (Å²) < 4.78 is 6.59. The number of amides is 1. The number of furan rings is 1. The molecule has 1 aliphatic heterocycles. The summed E-state index contributed by atoms with van der Waals surface area (Å²) in [6, 6.07) is 12.9. The molecule has 1 fully saturated rings. The molecule has 6 nitrogen and oxygen atoms in total. The summed E-state index contributed by atoms with van der Waals surface area (Å²) in [5.41, 5.74) is 1.07. The second-order valence-corrected chi connectivity index (χ2v) is 9.04. The third-order valence-corrected chi connectivity index (χ3v) is 6.20.